The van der Waals surface area contributed by atoms with Crippen LogP contribution in [0.4, 0.5) is 11.4 Å². The van der Waals surface area contributed by atoms with Gasteiger partial charge in [-0.2, -0.15) is 0 Å². The molecule has 0 aromatic heterocycles. The van der Waals surface area contributed by atoms with Crippen molar-refractivity contribution in [2.45, 2.75) is 4.90 Å². The molecular formula is C12H9Br2ClN2O2S. The summed E-state index contributed by atoms with van der Waals surface area (Å²) in [6, 6.07) is 9.50. The lowest BCUT2D eigenvalue weighted by atomic mass is 10.3. The zero-order valence-corrected chi connectivity index (χ0v) is 14.6. The van der Waals surface area contributed by atoms with Crippen molar-refractivity contribution < 1.29 is 8.42 Å². The van der Waals surface area contributed by atoms with Crippen LogP contribution in [0.5, 0.6) is 0 Å². The van der Waals surface area contributed by atoms with E-state index in [2.05, 4.69) is 36.6 Å². The van der Waals surface area contributed by atoms with Gasteiger partial charge in [0.05, 0.1) is 16.4 Å². The van der Waals surface area contributed by atoms with Gasteiger partial charge in [0.1, 0.15) is 4.90 Å². The molecule has 0 radical (unpaired) electrons. The van der Waals surface area contributed by atoms with Crippen molar-refractivity contribution in [3.05, 3.63) is 50.4 Å². The zero-order valence-electron chi connectivity index (χ0n) is 9.90. The molecule has 0 fully saturated rings. The molecule has 3 N–H and O–H groups in total. The predicted molar refractivity (Wildman–Crippen MR) is 88.5 cm³/mol. The molecule has 2 rings (SSSR count). The molecule has 0 spiro atoms. The Morgan fingerprint density at radius 3 is 2.35 bits per heavy atom. The molecule has 8 heteroatoms. The molecule has 0 saturated carbocycles. The minimum absolute atomic E-state index is 0.0112. The Labute approximate surface area is 138 Å². The largest absolute Gasteiger partial charge is 0.398 e. The minimum Gasteiger partial charge on any atom is -0.398 e. The molecule has 0 bridgehead atoms. The highest BCUT2D eigenvalue weighted by atomic mass is 79.9. The second-order valence-electron chi connectivity index (χ2n) is 3.91. The van der Waals surface area contributed by atoms with Crippen LogP contribution in [0, 0.1) is 0 Å². The number of rotatable bonds is 3. The van der Waals surface area contributed by atoms with E-state index in [9.17, 15) is 8.42 Å². The lowest BCUT2D eigenvalue weighted by Crippen LogP contribution is -2.15. The van der Waals surface area contributed by atoms with Crippen LogP contribution in [0.2, 0.25) is 5.02 Å². The van der Waals surface area contributed by atoms with Crippen molar-refractivity contribution in [2.75, 3.05) is 10.5 Å². The number of hydrogen-bond donors (Lipinski definition) is 2. The van der Waals surface area contributed by atoms with Crippen LogP contribution in [0.15, 0.2) is 50.2 Å². The monoisotopic (exact) mass is 438 g/mol. The average molecular weight is 441 g/mol. The number of anilines is 2. The Hall–Kier alpha value is -0.760. The topological polar surface area (TPSA) is 72.2 Å². The fourth-order valence-corrected chi connectivity index (χ4v) is 3.84. The van der Waals surface area contributed by atoms with Gasteiger partial charge in [0.2, 0.25) is 0 Å². The smallest absolute Gasteiger partial charge is 0.264 e. The summed E-state index contributed by atoms with van der Waals surface area (Å²) in [6.07, 6.45) is 0. The third-order valence-electron chi connectivity index (χ3n) is 2.44. The van der Waals surface area contributed by atoms with Crippen molar-refractivity contribution in [1.82, 2.24) is 0 Å². The molecular weight excluding hydrogens is 431 g/mol. The molecule has 0 amide bonds. The number of sulfonamides is 1. The molecule has 2 aromatic rings. The first-order valence-electron chi connectivity index (χ1n) is 5.32. The maximum Gasteiger partial charge on any atom is 0.264 e. The number of halogens is 3. The van der Waals surface area contributed by atoms with Crippen molar-refractivity contribution in [3.8, 4) is 0 Å². The van der Waals surface area contributed by atoms with Gasteiger partial charge in [-0.3, -0.25) is 4.72 Å². The van der Waals surface area contributed by atoms with Gasteiger partial charge in [0, 0.05) is 8.95 Å². The molecule has 0 aliphatic heterocycles. The fraction of sp³-hybridized carbons (Fsp3) is 0. The molecule has 0 heterocycles. The summed E-state index contributed by atoms with van der Waals surface area (Å²) in [5.41, 5.74) is 6.15. The van der Waals surface area contributed by atoms with Gasteiger partial charge >= 0.3 is 0 Å². The number of nitrogen functional groups attached to an aromatic ring is 1. The highest BCUT2D eigenvalue weighted by Crippen LogP contribution is 2.30. The predicted octanol–water partition coefficient (Wildman–Crippen LogP) is 4.25. The molecule has 106 valence electrons. The van der Waals surface area contributed by atoms with Gasteiger partial charge in [-0.15, -0.1) is 0 Å². The average Bonchev–Trinajstić information content (AvgIpc) is 2.36. The quantitative estimate of drug-likeness (QED) is 0.701. The maximum atomic E-state index is 12.4. The van der Waals surface area contributed by atoms with Crippen LogP contribution >= 0.6 is 43.5 Å². The van der Waals surface area contributed by atoms with Gasteiger partial charge in [-0.05, 0) is 36.4 Å². The summed E-state index contributed by atoms with van der Waals surface area (Å²) in [4.78, 5) is -0.0112. The lowest BCUT2D eigenvalue weighted by Gasteiger charge is -2.12. The summed E-state index contributed by atoms with van der Waals surface area (Å²) in [5.74, 6) is 0. The molecule has 2 aromatic carbocycles. The van der Waals surface area contributed by atoms with E-state index in [4.69, 9.17) is 17.3 Å². The first-order chi connectivity index (χ1) is 9.29. The molecule has 0 aliphatic carbocycles. The minimum atomic E-state index is -3.82. The van der Waals surface area contributed by atoms with E-state index in [-0.39, 0.29) is 16.3 Å². The molecule has 0 atom stereocenters. The molecule has 4 nitrogen and oxygen atoms in total. The second-order valence-corrected chi connectivity index (χ2v) is 7.80. The second kappa shape index (κ2) is 5.93. The maximum absolute atomic E-state index is 12.4. The Kier molecular flexibility index (Phi) is 4.63. The van der Waals surface area contributed by atoms with Crippen LogP contribution in [-0.2, 0) is 10.0 Å². The van der Waals surface area contributed by atoms with Crippen LogP contribution in [0.25, 0.3) is 0 Å². The number of nitrogens with one attached hydrogen (secondary N) is 1. The van der Waals surface area contributed by atoms with E-state index in [0.29, 0.717) is 14.0 Å². The molecule has 0 aliphatic rings. The van der Waals surface area contributed by atoms with Gasteiger partial charge in [0.15, 0.2) is 0 Å². The Balaban J connectivity index is 2.46. The third-order valence-corrected chi connectivity index (χ3v) is 5.18. The van der Waals surface area contributed by atoms with Crippen LogP contribution in [0.1, 0.15) is 0 Å². The van der Waals surface area contributed by atoms with Crippen LogP contribution in [0.3, 0.4) is 0 Å². The Morgan fingerprint density at radius 1 is 1.05 bits per heavy atom. The van der Waals surface area contributed by atoms with E-state index in [1.54, 1.807) is 24.3 Å². The van der Waals surface area contributed by atoms with Gasteiger partial charge in [-0.25, -0.2) is 8.42 Å². The molecule has 0 unspecified atom stereocenters. The van der Waals surface area contributed by atoms with Crippen LogP contribution < -0.4 is 10.5 Å². The summed E-state index contributed by atoms with van der Waals surface area (Å²) in [7, 11) is -3.82. The standard InChI is InChI=1S/C12H9Br2ClN2O2S/c13-7-1-3-9(15)11(5-7)17-20(18,19)12-6-8(14)2-4-10(12)16/h1-6,17H,16H2. The van der Waals surface area contributed by atoms with Crippen molar-refractivity contribution in [1.29, 1.82) is 0 Å². The summed E-state index contributed by atoms with van der Waals surface area (Å²) in [5, 5.41) is 0.297. The Bertz CT molecular complexity index is 766. The summed E-state index contributed by atoms with van der Waals surface area (Å²) < 4.78 is 28.5. The number of nitrogens with two attached hydrogens (primary N) is 1. The van der Waals surface area contributed by atoms with Gasteiger partial charge < -0.3 is 5.73 Å². The van der Waals surface area contributed by atoms with E-state index < -0.39 is 10.0 Å². The third kappa shape index (κ3) is 3.46. The zero-order chi connectivity index (χ0) is 14.9. The van der Waals surface area contributed by atoms with Crippen molar-refractivity contribution in [3.63, 3.8) is 0 Å². The van der Waals surface area contributed by atoms with Crippen LogP contribution in [-0.4, -0.2) is 8.42 Å². The van der Waals surface area contributed by atoms with E-state index in [1.165, 1.54) is 12.1 Å². The first kappa shape index (κ1) is 15.6. The normalized spacial score (nSPS) is 11.3. The van der Waals surface area contributed by atoms with Crippen molar-refractivity contribution in [2.24, 2.45) is 0 Å². The molecule has 20 heavy (non-hydrogen) atoms. The summed E-state index contributed by atoms with van der Waals surface area (Å²) in [6.45, 7) is 0. The number of benzene rings is 2. The highest BCUT2D eigenvalue weighted by Gasteiger charge is 2.19. The molecule has 0 saturated heterocycles. The van der Waals surface area contributed by atoms with Crippen molar-refractivity contribution >= 4 is 64.9 Å². The number of hydrogen-bond acceptors (Lipinski definition) is 3. The highest BCUT2D eigenvalue weighted by molar-refractivity contribution is 9.10. The van der Waals surface area contributed by atoms with Gasteiger partial charge in [-0.1, -0.05) is 43.5 Å². The fourth-order valence-electron chi connectivity index (χ4n) is 1.52. The van der Waals surface area contributed by atoms with E-state index in [0.717, 1.165) is 0 Å². The lowest BCUT2D eigenvalue weighted by molar-refractivity contribution is 0.601. The SMILES string of the molecule is Nc1ccc(Br)cc1S(=O)(=O)Nc1cc(Br)ccc1Cl. The van der Waals surface area contributed by atoms with E-state index in [1.807, 2.05) is 0 Å². The van der Waals surface area contributed by atoms with E-state index >= 15 is 0 Å². The van der Waals surface area contributed by atoms with Gasteiger partial charge in [0.25, 0.3) is 10.0 Å². The summed E-state index contributed by atoms with van der Waals surface area (Å²) >= 11 is 12.5. The Morgan fingerprint density at radius 2 is 1.65 bits per heavy atom. The first-order valence-corrected chi connectivity index (χ1v) is 8.77.